The largest absolute Gasteiger partial charge is 0.478 e. The molecule has 0 unspecified atom stereocenters. The Labute approximate surface area is 120 Å². The van der Waals surface area contributed by atoms with Gasteiger partial charge in [0.15, 0.2) is 0 Å². The van der Waals surface area contributed by atoms with E-state index in [4.69, 9.17) is 9.52 Å². The fourth-order valence-corrected chi connectivity index (χ4v) is 1.94. The molecular weight excluding hydrogens is 276 g/mol. The topological polar surface area (TPSA) is 106 Å². The smallest absolute Gasteiger partial charge is 0.339 e. The Balaban J connectivity index is 2.16. The van der Waals surface area contributed by atoms with Gasteiger partial charge in [-0.3, -0.25) is 10.1 Å². The van der Waals surface area contributed by atoms with E-state index in [9.17, 15) is 14.9 Å². The average molecular weight is 290 g/mol. The molecule has 2 rings (SSSR count). The van der Waals surface area contributed by atoms with Gasteiger partial charge in [-0.25, -0.2) is 4.79 Å². The molecule has 0 radical (unpaired) electrons. The normalized spacial score (nSPS) is 10.4. The Morgan fingerprint density at radius 1 is 1.38 bits per heavy atom. The van der Waals surface area contributed by atoms with Gasteiger partial charge in [-0.2, -0.15) is 0 Å². The maximum atomic E-state index is 10.9. The number of furan rings is 1. The molecule has 2 aromatic rings. The fourth-order valence-electron chi connectivity index (χ4n) is 1.94. The standard InChI is InChI=1S/C14H14N2O5/c1-8-3-4-10(16(19)20)5-13(8)15-7-11-6-12(14(17)18)9(2)21-11/h3-6,15H,7H2,1-2H3,(H,17,18). The van der Waals surface area contributed by atoms with Crippen LogP contribution in [-0.4, -0.2) is 16.0 Å². The molecule has 0 bridgehead atoms. The Bertz CT molecular complexity index is 705. The number of nitro groups is 1. The van der Waals surface area contributed by atoms with Crippen LogP contribution in [0.2, 0.25) is 0 Å². The van der Waals surface area contributed by atoms with Crippen molar-refractivity contribution in [1.82, 2.24) is 0 Å². The number of carboxylic acid groups (broad SMARTS) is 1. The first kappa shape index (κ1) is 14.6. The molecule has 1 aromatic carbocycles. The van der Waals surface area contributed by atoms with E-state index in [1.807, 2.05) is 6.92 Å². The maximum Gasteiger partial charge on any atom is 0.339 e. The lowest BCUT2D eigenvalue weighted by Crippen LogP contribution is -2.01. The Morgan fingerprint density at radius 3 is 2.67 bits per heavy atom. The van der Waals surface area contributed by atoms with Gasteiger partial charge in [-0.1, -0.05) is 6.07 Å². The van der Waals surface area contributed by atoms with E-state index in [1.165, 1.54) is 18.2 Å². The lowest BCUT2D eigenvalue weighted by Gasteiger charge is -2.07. The third kappa shape index (κ3) is 3.19. The molecule has 0 saturated carbocycles. The number of nitro benzene ring substituents is 1. The van der Waals surface area contributed by atoms with E-state index in [0.29, 0.717) is 17.2 Å². The van der Waals surface area contributed by atoms with Crippen molar-refractivity contribution in [3.8, 4) is 0 Å². The first-order valence-electron chi connectivity index (χ1n) is 6.20. The van der Waals surface area contributed by atoms with Crippen LogP contribution in [0.1, 0.15) is 27.4 Å². The van der Waals surface area contributed by atoms with E-state index in [1.54, 1.807) is 13.0 Å². The van der Waals surface area contributed by atoms with Crippen molar-refractivity contribution in [2.75, 3.05) is 5.32 Å². The van der Waals surface area contributed by atoms with Gasteiger partial charge in [0, 0.05) is 17.8 Å². The predicted molar refractivity (Wildman–Crippen MR) is 75.6 cm³/mol. The molecule has 0 fully saturated rings. The zero-order chi connectivity index (χ0) is 15.6. The van der Waals surface area contributed by atoms with Crippen molar-refractivity contribution in [2.24, 2.45) is 0 Å². The molecule has 1 heterocycles. The minimum Gasteiger partial charge on any atom is -0.478 e. The molecule has 0 saturated heterocycles. The van der Waals surface area contributed by atoms with Crippen molar-refractivity contribution in [3.63, 3.8) is 0 Å². The second-order valence-corrected chi connectivity index (χ2v) is 4.60. The molecule has 0 spiro atoms. The van der Waals surface area contributed by atoms with Crippen molar-refractivity contribution in [1.29, 1.82) is 0 Å². The summed E-state index contributed by atoms with van der Waals surface area (Å²) in [5.74, 6) is -0.264. The van der Waals surface area contributed by atoms with Crippen LogP contribution in [-0.2, 0) is 6.54 Å². The Kier molecular flexibility index (Phi) is 3.93. The molecule has 0 aliphatic carbocycles. The van der Waals surface area contributed by atoms with Gasteiger partial charge in [0.2, 0.25) is 0 Å². The number of carbonyl (C=O) groups is 1. The summed E-state index contributed by atoms with van der Waals surface area (Å²) >= 11 is 0. The number of aromatic carboxylic acids is 1. The molecule has 110 valence electrons. The van der Waals surface area contributed by atoms with E-state index in [2.05, 4.69) is 5.32 Å². The average Bonchev–Trinajstić information content (AvgIpc) is 2.79. The van der Waals surface area contributed by atoms with Crippen LogP contribution in [0, 0.1) is 24.0 Å². The molecule has 0 aliphatic heterocycles. The summed E-state index contributed by atoms with van der Waals surface area (Å²) in [4.78, 5) is 21.2. The van der Waals surface area contributed by atoms with Gasteiger partial charge >= 0.3 is 5.97 Å². The van der Waals surface area contributed by atoms with Crippen molar-refractivity contribution in [2.45, 2.75) is 20.4 Å². The maximum absolute atomic E-state index is 10.9. The van der Waals surface area contributed by atoms with Crippen LogP contribution in [0.25, 0.3) is 0 Å². The van der Waals surface area contributed by atoms with Crippen molar-refractivity contribution >= 4 is 17.3 Å². The molecule has 1 aromatic heterocycles. The number of non-ortho nitro benzene ring substituents is 1. The van der Waals surface area contributed by atoms with Crippen LogP contribution in [0.5, 0.6) is 0 Å². The number of nitrogens with zero attached hydrogens (tertiary/aromatic N) is 1. The van der Waals surface area contributed by atoms with Crippen LogP contribution in [0.15, 0.2) is 28.7 Å². The second-order valence-electron chi connectivity index (χ2n) is 4.60. The number of hydrogen-bond donors (Lipinski definition) is 2. The minimum atomic E-state index is -1.05. The summed E-state index contributed by atoms with van der Waals surface area (Å²) < 4.78 is 5.34. The Hall–Kier alpha value is -2.83. The third-order valence-corrected chi connectivity index (χ3v) is 3.08. The van der Waals surface area contributed by atoms with Crippen LogP contribution in [0.4, 0.5) is 11.4 Å². The molecule has 7 heteroatoms. The fraction of sp³-hybridized carbons (Fsp3) is 0.214. The third-order valence-electron chi connectivity index (χ3n) is 3.08. The number of anilines is 1. The first-order valence-corrected chi connectivity index (χ1v) is 6.20. The minimum absolute atomic E-state index is 0.00931. The first-order chi connectivity index (χ1) is 9.88. The molecular formula is C14H14N2O5. The number of benzene rings is 1. The summed E-state index contributed by atoms with van der Waals surface area (Å²) in [5, 5.41) is 22.7. The van der Waals surface area contributed by atoms with Gasteiger partial charge in [-0.05, 0) is 25.5 Å². The number of nitrogens with one attached hydrogen (secondary N) is 1. The molecule has 0 amide bonds. The number of rotatable bonds is 5. The monoisotopic (exact) mass is 290 g/mol. The van der Waals surface area contributed by atoms with Crippen LogP contribution >= 0.6 is 0 Å². The zero-order valence-electron chi connectivity index (χ0n) is 11.5. The number of carboxylic acids is 1. The van der Waals surface area contributed by atoms with Gasteiger partial charge in [-0.15, -0.1) is 0 Å². The van der Waals surface area contributed by atoms with Crippen LogP contribution < -0.4 is 5.32 Å². The van der Waals surface area contributed by atoms with E-state index in [0.717, 1.165) is 5.56 Å². The summed E-state index contributed by atoms with van der Waals surface area (Å²) in [5.41, 5.74) is 1.56. The van der Waals surface area contributed by atoms with E-state index < -0.39 is 10.9 Å². The van der Waals surface area contributed by atoms with Crippen LogP contribution in [0.3, 0.4) is 0 Å². The van der Waals surface area contributed by atoms with Gasteiger partial charge in [0.05, 0.1) is 11.5 Å². The molecule has 0 atom stereocenters. The van der Waals surface area contributed by atoms with E-state index >= 15 is 0 Å². The summed E-state index contributed by atoms with van der Waals surface area (Å²) in [7, 11) is 0. The van der Waals surface area contributed by atoms with Gasteiger partial charge < -0.3 is 14.8 Å². The summed E-state index contributed by atoms with van der Waals surface area (Å²) in [6.07, 6.45) is 0. The zero-order valence-corrected chi connectivity index (χ0v) is 11.5. The lowest BCUT2D eigenvalue weighted by atomic mass is 10.2. The number of hydrogen-bond acceptors (Lipinski definition) is 5. The summed E-state index contributed by atoms with van der Waals surface area (Å²) in [6.45, 7) is 3.64. The Morgan fingerprint density at radius 2 is 2.10 bits per heavy atom. The highest BCUT2D eigenvalue weighted by atomic mass is 16.6. The highest BCUT2D eigenvalue weighted by molar-refractivity contribution is 5.88. The highest BCUT2D eigenvalue weighted by Crippen LogP contribution is 2.23. The molecule has 2 N–H and O–H groups in total. The van der Waals surface area contributed by atoms with Crippen molar-refractivity contribution < 1.29 is 19.2 Å². The number of aryl methyl sites for hydroxylation is 2. The molecule has 0 aliphatic rings. The van der Waals surface area contributed by atoms with Gasteiger partial charge in [0.1, 0.15) is 17.1 Å². The molecule has 21 heavy (non-hydrogen) atoms. The molecule has 7 nitrogen and oxygen atoms in total. The second kappa shape index (κ2) is 5.66. The predicted octanol–water partition coefficient (Wildman–Crippen LogP) is 3.11. The SMILES string of the molecule is Cc1ccc([N+](=O)[O-])cc1NCc1cc(C(=O)O)c(C)o1. The lowest BCUT2D eigenvalue weighted by molar-refractivity contribution is -0.384. The summed E-state index contributed by atoms with van der Waals surface area (Å²) in [6, 6.07) is 5.96. The van der Waals surface area contributed by atoms with E-state index in [-0.39, 0.29) is 17.8 Å². The van der Waals surface area contributed by atoms with Gasteiger partial charge in [0.25, 0.3) is 5.69 Å². The highest BCUT2D eigenvalue weighted by Gasteiger charge is 2.14. The van der Waals surface area contributed by atoms with Crippen molar-refractivity contribution in [3.05, 3.63) is 57.0 Å². The quantitative estimate of drug-likeness (QED) is 0.647.